The second-order valence-electron chi connectivity index (χ2n) is 4.08. The number of carbonyl (C=O) groups excluding carboxylic acids is 1. The number of carbonyl (C=O) groups is 1. The Morgan fingerprint density at radius 1 is 1.41 bits per heavy atom. The SMILES string of the molecule is CC(CO)NC(=O)c1cccc(CCCO)c1. The van der Waals surface area contributed by atoms with E-state index in [1.807, 2.05) is 18.2 Å². The molecule has 0 saturated heterocycles. The predicted molar refractivity (Wildman–Crippen MR) is 65.9 cm³/mol. The highest BCUT2D eigenvalue weighted by Crippen LogP contribution is 2.07. The molecule has 0 heterocycles. The van der Waals surface area contributed by atoms with E-state index in [0.29, 0.717) is 12.0 Å². The Morgan fingerprint density at radius 2 is 2.18 bits per heavy atom. The van der Waals surface area contributed by atoms with Gasteiger partial charge in [-0.25, -0.2) is 0 Å². The molecule has 0 fully saturated rings. The van der Waals surface area contributed by atoms with Crippen LogP contribution in [-0.2, 0) is 6.42 Å². The fourth-order valence-electron chi connectivity index (χ4n) is 1.50. The van der Waals surface area contributed by atoms with Crippen molar-refractivity contribution in [3.63, 3.8) is 0 Å². The summed E-state index contributed by atoms with van der Waals surface area (Å²) in [5, 5.41) is 20.3. The number of aryl methyl sites for hydroxylation is 1. The first-order chi connectivity index (χ1) is 8.17. The van der Waals surface area contributed by atoms with E-state index < -0.39 is 0 Å². The van der Waals surface area contributed by atoms with E-state index in [1.54, 1.807) is 13.0 Å². The molecule has 0 aliphatic rings. The maximum absolute atomic E-state index is 11.8. The molecule has 1 aromatic carbocycles. The van der Waals surface area contributed by atoms with Crippen LogP contribution in [0.5, 0.6) is 0 Å². The average Bonchev–Trinajstić information content (AvgIpc) is 2.36. The summed E-state index contributed by atoms with van der Waals surface area (Å²) >= 11 is 0. The highest BCUT2D eigenvalue weighted by Gasteiger charge is 2.09. The summed E-state index contributed by atoms with van der Waals surface area (Å²) < 4.78 is 0. The lowest BCUT2D eigenvalue weighted by molar-refractivity contribution is 0.0922. The lowest BCUT2D eigenvalue weighted by Gasteiger charge is -2.11. The lowest BCUT2D eigenvalue weighted by Crippen LogP contribution is -2.35. The van der Waals surface area contributed by atoms with Crippen molar-refractivity contribution in [2.24, 2.45) is 0 Å². The Labute approximate surface area is 101 Å². The van der Waals surface area contributed by atoms with Gasteiger partial charge < -0.3 is 15.5 Å². The number of aliphatic hydroxyl groups excluding tert-OH is 2. The maximum atomic E-state index is 11.8. The molecular formula is C13H19NO3. The van der Waals surface area contributed by atoms with Gasteiger partial charge in [-0.1, -0.05) is 12.1 Å². The van der Waals surface area contributed by atoms with E-state index >= 15 is 0 Å². The molecular weight excluding hydrogens is 218 g/mol. The summed E-state index contributed by atoms with van der Waals surface area (Å²) in [4.78, 5) is 11.8. The smallest absolute Gasteiger partial charge is 0.251 e. The number of aliphatic hydroxyl groups is 2. The van der Waals surface area contributed by atoms with Crippen LogP contribution in [0.4, 0.5) is 0 Å². The molecule has 4 heteroatoms. The molecule has 1 atom stereocenters. The van der Waals surface area contributed by atoms with Crippen LogP contribution >= 0.6 is 0 Å². The van der Waals surface area contributed by atoms with Crippen LogP contribution in [0.2, 0.25) is 0 Å². The van der Waals surface area contributed by atoms with Crippen molar-refractivity contribution in [3.05, 3.63) is 35.4 Å². The van der Waals surface area contributed by atoms with Gasteiger partial charge in [0.2, 0.25) is 0 Å². The summed E-state index contributed by atoms with van der Waals surface area (Å²) in [6.45, 7) is 1.82. The van der Waals surface area contributed by atoms with Crippen LogP contribution in [-0.4, -0.2) is 35.4 Å². The van der Waals surface area contributed by atoms with E-state index in [1.165, 1.54) is 0 Å². The lowest BCUT2D eigenvalue weighted by atomic mass is 10.1. The second kappa shape index (κ2) is 7.04. The number of hydrogen-bond donors (Lipinski definition) is 3. The van der Waals surface area contributed by atoms with E-state index in [4.69, 9.17) is 10.2 Å². The zero-order valence-electron chi connectivity index (χ0n) is 10.0. The third-order valence-electron chi connectivity index (χ3n) is 2.46. The van der Waals surface area contributed by atoms with Crippen molar-refractivity contribution >= 4 is 5.91 Å². The summed E-state index contributed by atoms with van der Waals surface area (Å²) in [6, 6.07) is 7.06. The fourth-order valence-corrected chi connectivity index (χ4v) is 1.50. The minimum Gasteiger partial charge on any atom is -0.396 e. The van der Waals surface area contributed by atoms with Crippen LogP contribution in [0.1, 0.15) is 29.3 Å². The summed E-state index contributed by atoms with van der Waals surface area (Å²) in [7, 11) is 0. The van der Waals surface area contributed by atoms with Gasteiger partial charge in [0.15, 0.2) is 0 Å². The van der Waals surface area contributed by atoms with Crippen molar-refractivity contribution in [3.8, 4) is 0 Å². The minimum absolute atomic E-state index is 0.0735. The molecule has 0 saturated carbocycles. The third kappa shape index (κ3) is 4.54. The molecule has 1 amide bonds. The molecule has 1 rings (SSSR count). The summed E-state index contributed by atoms with van der Waals surface area (Å²) in [6.07, 6.45) is 1.45. The van der Waals surface area contributed by atoms with Crippen LogP contribution in [0.15, 0.2) is 24.3 Å². The molecule has 4 nitrogen and oxygen atoms in total. The van der Waals surface area contributed by atoms with Crippen molar-refractivity contribution in [2.45, 2.75) is 25.8 Å². The average molecular weight is 237 g/mol. The molecule has 3 N–H and O–H groups in total. The van der Waals surface area contributed by atoms with Crippen LogP contribution in [0.25, 0.3) is 0 Å². The Kier molecular flexibility index (Phi) is 5.66. The van der Waals surface area contributed by atoms with Crippen molar-refractivity contribution < 1.29 is 15.0 Å². The van der Waals surface area contributed by atoms with Gasteiger partial charge in [-0.15, -0.1) is 0 Å². The summed E-state index contributed by atoms with van der Waals surface area (Å²) in [5.41, 5.74) is 1.61. The van der Waals surface area contributed by atoms with Crippen molar-refractivity contribution in [1.82, 2.24) is 5.32 Å². The van der Waals surface area contributed by atoms with Gasteiger partial charge in [0.05, 0.1) is 6.61 Å². The number of hydrogen-bond acceptors (Lipinski definition) is 3. The first kappa shape index (κ1) is 13.7. The zero-order valence-corrected chi connectivity index (χ0v) is 10.0. The van der Waals surface area contributed by atoms with Crippen LogP contribution in [0, 0.1) is 0 Å². The molecule has 17 heavy (non-hydrogen) atoms. The molecule has 1 aromatic rings. The Morgan fingerprint density at radius 3 is 2.82 bits per heavy atom. The van der Waals surface area contributed by atoms with Crippen LogP contribution in [0.3, 0.4) is 0 Å². The number of amides is 1. The maximum Gasteiger partial charge on any atom is 0.251 e. The molecule has 0 aliphatic heterocycles. The van der Waals surface area contributed by atoms with Gasteiger partial charge in [0.25, 0.3) is 5.91 Å². The van der Waals surface area contributed by atoms with Gasteiger partial charge in [-0.2, -0.15) is 0 Å². The zero-order chi connectivity index (χ0) is 12.7. The molecule has 0 bridgehead atoms. The highest BCUT2D eigenvalue weighted by molar-refractivity contribution is 5.94. The van der Waals surface area contributed by atoms with E-state index in [2.05, 4.69) is 5.32 Å². The highest BCUT2D eigenvalue weighted by atomic mass is 16.3. The second-order valence-corrected chi connectivity index (χ2v) is 4.08. The molecule has 1 unspecified atom stereocenters. The molecule has 94 valence electrons. The van der Waals surface area contributed by atoms with E-state index in [9.17, 15) is 4.79 Å². The Balaban J connectivity index is 2.66. The number of rotatable bonds is 6. The first-order valence-corrected chi connectivity index (χ1v) is 5.79. The Hall–Kier alpha value is -1.39. The van der Waals surface area contributed by atoms with E-state index in [0.717, 1.165) is 12.0 Å². The molecule has 0 aromatic heterocycles. The minimum atomic E-state index is -0.247. The van der Waals surface area contributed by atoms with Crippen molar-refractivity contribution in [1.29, 1.82) is 0 Å². The predicted octanol–water partition coefficient (Wildman–Crippen LogP) is 0.722. The normalized spacial score (nSPS) is 12.2. The Bertz CT molecular complexity index is 365. The van der Waals surface area contributed by atoms with Crippen LogP contribution < -0.4 is 5.32 Å². The van der Waals surface area contributed by atoms with Gasteiger partial charge in [-0.05, 0) is 37.5 Å². The van der Waals surface area contributed by atoms with Gasteiger partial charge in [0.1, 0.15) is 0 Å². The molecule has 0 radical (unpaired) electrons. The van der Waals surface area contributed by atoms with Crippen molar-refractivity contribution in [2.75, 3.05) is 13.2 Å². The molecule has 0 spiro atoms. The monoisotopic (exact) mass is 237 g/mol. The molecule has 0 aliphatic carbocycles. The standard InChI is InChI=1S/C13H19NO3/c1-10(9-16)14-13(17)12-6-2-4-11(8-12)5-3-7-15/h2,4,6,8,10,15-16H,3,5,7,9H2,1H3,(H,14,17). The van der Waals surface area contributed by atoms with Gasteiger partial charge >= 0.3 is 0 Å². The largest absolute Gasteiger partial charge is 0.396 e. The third-order valence-corrected chi connectivity index (χ3v) is 2.46. The number of nitrogens with one attached hydrogen (secondary N) is 1. The quantitative estimate of drug-likeness (QED) is 0.683. The topological polar surface area (TPSA) is 69.6 Å². The summed E-state index contributed by atoms with van der Waals surface area (Å²) in [5.74, 6) is -0.183. The van der Waals surface area contributed by atoms with E-state index in [-0.39, 0.29) is 25.2 Å². The first-order valence-electron chi connectivity index (χ1n) is 5.79. The fraction of sp³-hybridized carbons (Fsp3) is 0.462. The van der Waals surface area contributed by atoms with Gasteiger partial charge in [0, 0.05) is 18.2 Å². The van der Waals surface area contributed by atoms with Gasteiger partial charge in [-0.3, -0.25) is 4.79 Å². The number of benzene rings is 1.